The monoisotopic (exact) mass is 368 g/mol. The van der Waals surface area contributed by atoms with Crippen molar-refractivity contribution in [3.05, 3.63) is 47.5 Å². The molecule has 0 spiro atoms. The third-order valence-electron chi connectivity index (χ3n) is 4.31. The number of aryl methyl sites for hydroxylation is 3. The fourth-order valence-electron chi connectivity index (χ4n) is 2.74. The zero-order valence-electron chi connectivity index (χ0n) is 16.1. The Balaban J connectivity index is 1.77. The molecule has 2 amide bonds. The Labute approximate surface area is 158 Å². The molecule has 27 heavy (non-hydrogen) atoms. The number of carbonyl (C=O) groups excluding carboxylic acids is 1. The molecule has 0 radical (unpaired) electrons. The first-order valence-corrected chi connectivity index (χ1v) is 8.73. The number of hydrogen-bond acceptors (Lipinski definition) is 5. The maximum Gasteiger partial charge on any atom is 0.322 e. The molecule has 1 N–H and O–H groups in total. The lowest BCUT2D eigenvalue weighted by atomic mass is 10.2. The molecule has 2 heterocycles. The Morgan fingerprint density at radius 1 is 1.22 bits per heavy atom. The summed E-state index contributed by atoms with van der Waals surface area (Å²) in [5.41, 5.74) is 4.98. The van der Waals surface area contributed by atoms with Crippen LogP contribution in [-0.2, 0) is 18.3 Å². The molecule has 0 aliphatic heterocycles. The van der Waals surface area contributed by atoms with E-state index in [1.165, 1.54) is 0 Å². The highest BCUT2D eigenvalue weighted by Gasteiger charge is 2.15. The van der Waals surface area contributed by atoms with E-state index >= 15 is 0 Å². The van der Waals surface area contributed by atoms with Crippen LogP contribution < -0.4 is 5.32 Å². The van der Waals surface area contributed by atoms with Gasteiger partial charge in [-0.25, -0.2) is 14.8 Å². The SMILES string of the molecule is COCCN(Cc1cnn(C)c1)C(=O)Nc1ccc2nc(C)c(C)nc2c1. The molecule has 3 rings (SSSR count). The van der Waals surface area contributed by atoms with E-state index in [0.717, 1.165) is 28.0 Å². The largest absolute Gasteiger partial charge is 0.383 e. The summed E-state index contributed by atoms with van der Waals surface area (Å²) in [5, 5.41) is 7.10. The number of methoxy groups -OCH3 is 1. The van der Waals surface area contributed by atoms with Gasteiger partial charge in [-0.05, 0) is 32.0 Å². The minimum absolute atomic E-state index is 0.202. The molecule has 142 valence electrons. The number of fused-ring (bicyclic) bond motifs is 1. The van der Waals surface area contributed by atoms with Gasteiger partial charge < -0.3 is 15.0 Å². The average Bonchev–Trinajstić information content (AvgIpc) is 3.04. The van der Waals surface area contributed by atoms with Gasteiger partial charge in [-0.3, -0.25) is 4.68 Å². The normalized spacial score (nSPS) is 11.0. The predicted molar refractivity (Wildman–Crippen MR) is 104 cm³/mol. The predicted octanol–water partition coefficient (Wildman–Crippen LogP) is 2.66. The van der Waals surface area contributed by atoms with Crippen molar-refractivity contribution in [2.45, 2.75) is 20.4 Å². The van der Waals surface area contributed by atoms with Crippen LogP contribution in [0.15, 0.2) is 30.6 Å². The van der Waals surface area contributed by atoms with Crippen LogP contribution in [0.1, 0.15) is 17.0 Å². The number of carbonyl (C=O) groups is 1. The maximum absolute atomic E-state index is 12.8. The quantitative estimate of drug-likeness (QED) is 0.723. The van der Waals surface area contributed by atoms with Crippen LogP contribution in [0, 0.1) is 13.8 Å². The summed E-state index contributed by atoms with van der Waals surface area (Å²) in [6.07, 6.45) is 3.65. The molecule has 0 atom stereocenters. The lowest BCUT2D eigenvalue weighted by Gasteiger charge is -2.22. The van der Waals surface area contributed by atoms with Crippen molar-refractivity contribution in [2.75, 3.05) is 25.6 Å². The summed E-state index contributed by atoms with van der Waals surface area (Å²) in [7, 11) is 3.47. The van der Waals surface area contributed by atoms with Crippen LogP contribution in [-0.4, -0.2) is 50.9 Å². The van der Waals surface area contributed by atoms with Crippen molar-refractivity contribution >= 4 is 22.8 Å². The molecule has 0 saturated carbocycles. The van der Waals surface area contributed by atoms with Gasteiger partial charge in [0.25, 0.3) is 0 Å². The Hall–Kier alpha value is -3.00. The number of rotatable bonds is 6. The van der Waals surface area contributed by atoms with Crippen LogP contribution in [0.3, 0.4) is 0 Å². The first-order chi connectivity index (χ1) is 13.0. The van der Waals surface area contributed by atoms with E-state index in [9.17, 15) is 4.79 Å². The zero-order valence-corrected chi connectivity index (χ0v) is 16.1. The molecule has 0 saturated heterocycles. The van der Waals surface area contributed by atoms with E-state index in [4.69, 9.17) is 4.74 Å². The number of nitrogens with one attached hydrogen (secondary N) is 1. The Kier molecular flexibility index (Phi) is 5.66. The van der Waals surface area contributed by atoms with Gasteiger partial charge in [0.1, 0.15) is 0 Å². The molecular formula is C19H24N6O2. The van der Waals surface area contributed by atoms with Gasteiger partial charge in [-0.2, -0.15) is 5.10 Å². The highest BCUT2D eigenvalue weighted by molar-refractivity contribution is 5.91. The lowest BCUT2D eigenvalue weighted by Crippen LogP contribution is -2.36. The number of hydrogen-bond donors (Lipinski definition) is 1. The van der Waals surface area contributed by atoms with E-state index in [1.807, 2.05) is 45.3 Å². The van der Waals surface area contributed by atoms with E-state index in [2.05, 4.69) is 20.4 Å². The summed E-state index contributed by atoms with van der Waals surface area (Å²) >= 11 is 0. The fourth-order valence-corrected chi connectivity index (χ4v) is 2.74. The van der Waals surface area contributed by atoms with Crippen LogP contribution in [0.5, 0.6) is 0 Å². The van der Waals surface area contributed by atoms with Gasteiger partial charge >= 0.3 is 6.03 Å². The summed E-state index contributed by atoms with van der Waals surface area (Å²) in [6, 6.07) is 5.34. The number of anilines is 1. The first kappa shape index (κ1) is 18.8. The number of aromatic nitrogens is 4. The first-order valence-electron chi connectivity index (χ1n) is 8.73. The highest BCUT2D eigenvalue weighted by Crippen LogP contribution is 2.18. The summed E-state index contributed by atoms with van der Waals surface area (Å²) in [5.74, 6) is 0. The molecule has 1 aromatic carbocycles. The highest BCUT2D eigenvalue weighted by atomic mass is 16.5. The van der Waals surface area contributed by atoms with Crippen molar-refractivity contribution in [1.82, 2.24) is 24.6 Å². The molecule has 0 fully saturated rings. The lowest BCUT2D eigenvalue weighted by molar-refractivity contribution is 0.153. The molecule has 0 unspecified atom stereocenters. The van der Waals surface area contributed by atoms with Crippen molar-refractivity contribution in [3.8, 4) is 0 Å². The molecule has 8 nitrogen and oxygen atoms in total. The van der Waals surface area contributed by atoms with E-state index in [1.54, 1.807) is 22.9 Å². The second-order valence-corrected chi connectivity index (χ2v) is 6.46. The number of nitrogens with zero attached hydrogens (tertiary/aromatic N) is 5. The van der Waals surface area contributed by atoms with Gasteiger partial charge in [-0.15, -0.1) is 0 Å². The smallest absolute Gasteiger partial charge is 0.322 e. The second kappa shape index (κ2) is 8.13. The number of amides is 2. The second-order valence-electron chi connectivity index (χ2n) is 6.46. The van der Waals surface area contributed by atoms with Crippen molar-refractivity contribution in [1.29, 1.82) is 0 Å². The Morgan fingerprint density at radius 3 is 2.63 bits per heavy atom. The number of ether oxygens (including phenoxy) is 1. The molecular weight excluding hydrogens is 344 g/mol. The van der Waals surface area contributed by atoms with Gasteiger partial charge in [0, 0.05) is 38.1 Å². The van der Waals surface area contributed by atoms with Crippen molar-refractivity contribution in [3.63, 3.8) is 0 Å². The van der Waals surface area contributed by atoms with E-state index < -0.39 is 0 Å². The summed E-state index contributed by atoms with van der Waals surface area (Å²) in [4.78, 5) is 23.5. The topological polar surface area (TPSA) is 85.2 Å². The number of benzene rings is 1. The van der Waals surface area contributed by atoms with Crippen LogP contribution in [0.2, 0.25) is 0 Å². The fraction of sp³-hybridized carbons (Fsp3) is 0.368. The van der Waals surface area contributed by atoms with Gasteiger partial charge in [0.15, 0.2) is 0 Å². The van der Waals surface area contributed by atoms with Crippen molar-refractivity contribution < 1.29 is 9.53 Å². The maximum atomic E-state index is 12.8. The van der Waals surface area contributed by atoms with E-state index in [-0.39, 0.29) is 6.03 Å². The van der Waals surface area contributed by atoms with Gasteiger partial charge in [0.2, 0.25) is 0 Å². The molecule has 0 aliphatic carbocycles. The van der Waals surface area contributed by atoms with E-state index in [0.29, 0.717) is 25.4 Å². The zero-order chi connectivity index (χ0) is 19.4. The van der Waals surface area contributed by atoms with Crippen molar-refractivity contribution in [2.24, 2.45) is 7.05 Å². The van der Waals surface area contributed by atoms with Gasteiger partial charge in [0.05, 0.1) is 41.8 Å². The average molecular weight is 368 g/mol. The van der Waals surface area contributed by atoms with Gasteiger partial charge in [-0.1, -0.05) is 0 Å². The Morgan fingerprint density at radius 2 is 1.96 bits per heavy atom. The third kappa shape index (κ3) is 4.59. The van der Waals surface area contributed by atoms with Crippen LogP contribution in [0.4, 0.5) is 10.5 Å². The van der Waals surface area contributed by atoms with Crippen LogP contribution >= 0.6 is 0 Å². The standard InChI is InChI=1S/C19H24N6O2/c1-13-14(2)22-18-9-16(5-6-17(18)21-13)23-19(26)25(7-8-27-4)12-15-10-20-24(3)11-15/h5-6,9-11H,7-8,12H2,1-4H3,(H,23,26). The number of urea groups is 1. The minimum Gasteiger partial charge on any atom is -0.383 e. The molecule has 3 aromatic rings. The minimum atomic E-state index is -0.202. The third-order valence-corrected chi connectivity index (χ3v) is 4.31. The molecule has 0 bridgehead atoms. The molecule has 2 aromatic heterocycles. The Bertz CT molecular complexity index is 953. The van der Waals surface area contributed by atoms with Crippen LogP contribution in [0.25, 0.3) is 11.0 Å². The summed E-state index contributed by atoms with van der Waals surface area (Å²) < 4.78 is 6.85. The molecule has 8 heteroatoms. The molecule has 0 aliphatic rings. The summed E-state index contributed by atoms with van der Waals surface area (Å²) in [6.45, 7) is 5.24.